The summed E-state index contributed by atoms with van der Waals surface area (Å²) in [6, 6.07) is 0. The molecule has 134 valence electrons. The van der Waals surface area contributed by atoms with Gasteiger partial charge in [-0.05, 0) is 62.7 Å². The maximum Gasteiger partial charge on any atom is 0.306 e. The highest BCUT2D eigenvalue weighted by Crippen LogP contribution is 2.41. The third-order valence-electron chi connectivity index (χ3n) is 6.19. The summed E-state index contributed by atoms with van der Waals surface area (Å²) in [5.74, 6) is 2.75. The van der Waals surface area contributed by atoms with Crippen molar-refractivity contribution in [2.24, 2.45) is 17.8 Å². The van der Waals surface area contributed by atoms with E-state index in [1.165, 1.54) is 64.2 Å². The van der Waals surface area contributed by atoms with Crippen molar-refractivity contribution in [1.82, 2.24) is 0 Å². The summed E-state index contributed by atoms with van der Waals surface area (Å²) in [4.78, 5) is 11.7. The molecule has 0 spiro atoms. The molecule has 2 aliphatic carbocycles. The standard InChI is InChI=1S/C21H38O2/c1-3-5-6-9-17-12-14-18(15-13-17)19-10-7-11-20(16-19)23-21(22)8-4-2/h17-20H,3-16H2,1-2H3/t17?,18?,19-,20-/m1/s1. The van der Waals surface area contributed by atoms with Crippen molar-refractivity contribution >= 4 is 5.97 Å². The summed E-state index contributed by atoms with van der Waals surface area (Å²) in [6.45, 7) is 4.34. The highest BCUT2D eigenvalue weighted by Gasteiger charge is 2.32. The molecule has 0 aromatic heterocycles. The molecule has 2 fully saturated rings. The zero-order valence-corrected chi connectivity index (χ0v) is 15.5. The van der Waals surface area contributed by atoms with E-state index in [-0.39, 0.29) is 12.1 Å². The fourth-order valence-electron chi connectivity index (χ4n) is 4.80. The Balaban J connectivity index is 1.69. The highest BCUT2D eigenvalue weighted by molar-refractivity contribution is 5.69. The van der Waals surface area contributed by atoms with Crippen LogP contribution < -0.4 is 0 Å². The maximum atomic E-state index is 11.7. The van der Waals surface area contributed by atoms with E-state index < -0.39 is 0 Å². The van der Waals surface area contributed by atoms with Crippen LogP contribution in [0.25, 0.3) is 0 Å². The van der Waals surface area contributed by atoms with Gasteiger partial charge in [-0.2, -0.15) is 0 Å². The number of hydrogen-bond acceptors (Lipinski definition) is 2. The monoisotopic (exact) mass is 322 g/mol. The van der Waals surface area contributed by atoms with Crippen LogP contribution in [0.2, 0.25) is 0 Å². The van der Waals surface area contributed by atoms with Gasteiger partial charge in [0.15, 0.2) is 0 Å². The Morgan fingerprint density at radius 2 is 1.70 bits per heavy atom. The first-order chi connectivity index (χ1) is 11.2. The summed E-state index contributed by atoms with van der Waals surface area (Å²) in [7, 11) is 0. The third-order valence-corrected chi connectivity index (χ3v) is 6.19. The van der Waals surface area contributed by atoms with Crippen LogP contribution in [0.4, 0.5) is 0 Å². The lowest BCUT2D eigenvalue weighted by Gasteiger charge is -2.38. The molecule has 2 saturated carbocycles. The lowest BCUT2D eigenvalue weighted by Crippen LogP contribution is -2.31. The molecular weight excluding hydrogens is 284 g/mol. The van der Waals surface area contributed by atoms with Crippen molar-refractivity contribution in [2.75, 3.05) is 0 Å². The Labute approximate surface area is 143 Å². The van der Waals surface area contributed by atoms with E-state index >= 15 is 0 Å². The SMILES string of the molecule is CCCCCC1CCC([C@@H]2CCC[C@@H](OC(=O)CCC)C2)CC1. The molecule has 2 rings (SSSR count). The minimum absolute atomic E-state index is 0.0257. The number of ether oxygens (including phenoxy) is 1. The van der Waals surface area contributed by atoms with Gasteiger partial charge in [0.05, 0.1) is 0 Å². The average molecular weight is 323 g/mol. The van der Waals surface area contributed by atoms with Crippen molar-refractivity contribution in [2.45, 2.75) is 110 Å². The number of unbranched alkanes of at least 4 members (excludes halogenated alkanes) is 2. The number of hydrogen-bond donors (Lipinski definition) is 0. The quantitative estimate of drug-likeness (QED) is 0.388. The molecule has 0 bridgehead atoms. The minimum atomic E-state index is 0.0257. The molecule has 23 heavy (non-hydrogen) atoms. The lowest BCUT2D eigenvalue weighted by atomic mass is 9.70. The number of esters is 1. The van der Waals surface area contributed by atoms with Gasteiger partial charge in [0.2, 0.25) is 0 Å². The van der Waals surface area contributed by atoms with E-state index in [2.05, 4.69) is 6.92 Å². The Bertz CT molecular complexity index is 331. The van der Waals surface area contributed by atoms with Crippen LogP contribution in [0.5, 0.6) is 0 Å². The van der Waals surface area contributed by atoms with Crippen LogP contribution in [0.3, 0.4) is 0 Å². The fraction of sp³-hybridized carbons (Fsp3) is 0.952. The maximum absolute atomic E-state index is 11.7. The molecule has 2 aliphatic rings. The molecule has 2 atom stereocenters. The zero-order chi connectivity index (χ0) is 16.5. The molecule has 0 heterocycles. The molecule has 2 nitrogen and oxygen atoms in total. The van der Waals surface area contributed by atoms with Gasteiger partial charge in [-0.25, -0.2) is 0 Å². The van der Waals surface area contributed by atoms with E-state index in [0.717, 1.165) is 37.0 Å². The van der Waals surface area contributed by atoms with Crippen molar-refractivity contribution in [3.05, 3.63) is 0 Å². The van der Waals surface area contributed by atoms with Crippen molar-refractivity contribution in [1.29, 1.82) is 0 Å². The summed E-state index contributed by atoms with van der Waals surface area (Å²) >= 11 is 0. The van der Waals surface area contributed by atoms with Gasteiger partial charge in [0, 0.05) is 6.42 Å². The lowest BCUT2D eigenvalue weighted by molar-refractivity contribution is -0.151. The Morgan fingerprint density at radius 1 is 0.913 bits per heavy atom. The molecule has 0 aromatic rings. The van der Waals surface area contributed by atoms with Gasteiger partial charge in [-0.3, -0.25) is 4.79 Å². The average Bonchev–Trinajstić information content (AvgIpc) is 2.56. The van der Waals surface area contributed by atoms with Gasteiger partial charge >= 0.3 is 5.97 Å². The first-order valence-corrected chi connectivity index (χ1v) is 10.4. The molecular formula is C21H38O2. The van der Waals surface area contributed by atoms with Crippen LogP contribution in [-0.4, -0.2) is 12.1 Å². The second-order valence-corrected chi connectivity index (χ2v) is 8.07. The van der Waals surface area contributed by atoms with Crippen LogP contribution >= 0.6 is 0 Å². The predicted octanol–water partition coefficient (Wildman–Crippen LogP) is 6.28. The summed E-state index contributed by atoms with van der Waals surface area (Å²) in [5.41, 5.74) is 0. The summed E-state index contributed by atoms with van der Waals surface area (Å²) in [5, 5.41) is 0. The summed E-state index contributed by atoms with van der Waals surface area (Å²) in [6.07, 6.45) is 18.0. The van der Waals surface area contributed by atoms with Gasteiger partial charge in [-0.1, -0.05) is 52.4 Å². The highest BCUT2D eigenvalue weighted by atomic mass is 16.5. The van der Waals surface area contributed by atoms with E-state index in [4.69, 9.17) is 4.74 Å². The van der Waals surface area contributed by atoms with Gasteiger partial charge in [0.1, 0.15) is 6.10 Å². The van der Waals surface area contributed by atoms with E-state index in [0.29, 0.717) is 6.42 Å². The van der Waals surface area contributed by atoms with Crippen LogP contribution in [-0.2, 0) is 9.53 Å². The van der Waals surface area contributed by atoms with Crippen molar-refractivity contribution in [3.8, 4) is 0 Å². The normalized spacial score (nSPS) is 31.7. The minimum Gasteiger partial charge on any atom is -0.462 e. The first-order valence-electron chi connectivity index (χ1n) is 10.4. The molecule has 2 heteroatoms. The van der Waals surface area contributed by atoms with E-state index in [1.54, 1.807) is 0 Å². The second-order valence-electron chi connectivity index (χ2n) is 8.07. The van der Waals surface area contributed by atoms with Gasteiger partial charge < -0.3 is 4.74 Å². The molecule has 0 aliphatic heterocycles. The molecule has 0 amide bonds. The predicted molar refractivity (Wildman–Crippen MR) is 96.3 cm³/mol. The Kier molecular flexibility index (Phi) is 8.47. The van der Waals surface area contributed by atoms with Gasteiger partial charge in [-0.15, -0.1) is 0 Å². The number of rotatable bonds is 8. The fourth-order valence-corrected chi connectivity index (χ4v) is 4.80. The largest absolute Gasteiger partial charge is 0.462 e. The van der Waals surface area contributed by atoms with E-state index in [1.807, 2.05) is 6.92 Å². The smallest absolute Gasteiger partial charge is 0.306 e. The number of carbonyl (C=O) groups is 1. The Hall–Kier alpha value is -0.530. The topological polar surface area (TPSA) is 26.3 Å². The van der Waals surface area contributed by atoms with Crippen LogP contribution in [0.15, 0.2) is 0 Å². The second kappa shape index (κ2) is 10.4. The molecule has 0 saturated heterocycles. The molecule has 0 unspecified atom stereocenters. The van der Waals surface area contributed by atoms with Crippen molar-refractivity contribution < 1.29 is 9.53 Å². The van der Waals surface area contributed by atoms with Crippen molar-refractivity contribution in [3.63, 3.8) is 0 Å². The first kappa shape index (κ1) is 18.8. The molecule has 0 N–H and O–H groups in total. The third kappa shape index (κ3) is 6.47. The Morgan fingerprint density at radius 3 is 2.39 bits per heavy atom. The number of carbonyl (C=O) groups excluding carboxylic acids is 1. The van der Waals surface area contributed by atoms with Gasteiger partial charge in [0.25, 0.3) is 0 Å². The molecule has 0 aromatic carbocycles. The van der Waals surface area contributed by atoms with Crippen LogP contribution in [0.1, 0.15) is 104 Å². The summed E-state index contributed by atoms with van der Waals surface area (Å²) < 4.78 is 5.70. The zero-order valence-electron chi connectivity index (χ0n) is 15.5. The van der Waals surface area contributed by atoms with Crippen LogP contribution in [0, 0.1) is 17.8 Å². The molecule has 0 radical (unpaired) electrons. The van der Waals surface area contributed by atoms with E-state index in [9.17, 15) is 4.79 Å².